The van der Waals surface area contributed by atoms with Crippen molar-refractivity contribution in [2.24, 2.45) is 5.73 Å². The molecule has 6 heteroatoms. The van der Waals surface area contributed by atoms with Crippen LogP contribution >= 0.6 is 0 Å². The van der Waals surface area contributed by atoms with Crippen molar-refractivity contribution in [3.05, 3.63) is 12.7 Å². The molecule has 0 saturated heterocycles. The highest BCUT2D eigenvalue weighted by atomic mass is 32.2. The average molecular weight is 193 g/mol. The minimum Gasteiger partial charge on any atom is -0.344 e. The zero-order valence-corrected chi connectivity index (χ0v) is 7.50. The summed E-state index contributed by atoms with van der Waals surface area (Å²) < 4.78 is 25.6. The van der Waals surface area contributed by atoms with Crippen LogP contribution in [-0.4, -0.2) is 26.2 Å². The Kier molecular flexibility index (Phi) is 3.91. The fourth-order valence-corrected chi connectivity index (χ4v) is 1.14. The van der Waals surface area contributed by atoms with Crippen LogP contribution < -0.4 is 5.73 Å². The lowest BCUT2D eigenvalue weighted by molar-refractivity contribution is -0.134. The lowest BCUT2D eigenvalue weighted by Gasteiger charge is -2.04. The van der Waals surface area contributed by atoms with E-state index in [9.17, 15) is 13.2 Å². The molecule has 0 unspecified atom stereocenters. The lowest BCUT2D eigenvalue weighted by atomic mass is 10.4. The molecule has 0 aromatic rings. The summed E-state index contributed by atoms with van der Waals surface area (Å²) in [5.41, 5.74) is 5.07. The van der Waals surface area contributed by atoms with E-state index >= 15 is 0 Å². The Labute approximate surface area is 71.3 Å². The minimum absolute atomic E-state index is 0.397. The summed E-state index contributed by atoms with van der Waals surface area (Å²) in [4.78, 5) is 10.7. The molecule has 0 amide bonds. The van der Waals surface area contributed by atoms with Crippen LogP contribution in [0, 0.1) is 0 Å². The second-order valence-electron chi connectivity index (χ2n) is 2.20. The van der Waals surface area contributed by atoms with Gasteiger partial charge in [-0.25, -0.2) is 4.79 Å². The van der Waals surface area contributed by atoms with Gasteiger partial charge in [0.15, 0.2) is 0 Å². The smallest absolute Gasteiger partial charge is 0.338 e. The van der Waals surface area contributed by atoms with Gasteiger partial charge >= 0.3 is 16.1 Å². The van der Waals surface area contributed by atoms with Gasteiger partial charge in [0.2, 0.25) is 0 Å². The molecule has 0 radical (unpaired) electrons. The molecule has 0 aliphatic rings. The Balaban J connectivity index is 4.26. The van der Waals surface area contributed by atoms with Gasteiger partial charge in [-0.3, -0.25) is 0 Å². The van der Waals surface area contributed by atoms with E-state index in [4.69, 9.17) is 5.73 Å². The highest BCUT2D eigenvalue weighted by Crippen LogP contribution is 1.96. The molecule has 0 aliphatic heterocycles. The van der Waals surface area contributed by atoms with E-state index in [1.54, 1.807) is 0 Å². The van der Waals surface area contributed by atoms with E-state index in [2.05, 4.69) is 10.8 Å². The van der Waals surface area contributed by atoms with Crippen molar-refractivity contribution >= 4 is 16.1 Å². The summed E-state index contributed by atoms with van der Waals surface area (Å²) in [5.74, 6) is -1.36. The predicted octanol–water partition coefficient (Wildman–Crippen LogP) is -0.607. The molecule has 0 aliphatic carbocycles. The van der Waals surface area contributed by atoms with E-state index in [0.717, 1.165) is 6.08 Å². The second-order valence-corrected chi connectivity index (χ2v) is 3.82. The molecule has 0 rings (SSSR count). The number of rotatable bonds is 4. The fraction of sp³-hybridized carbons (Fsp3) is 0.500. The van der Waals surface area contributed by atoms with Crippen molar-refractivity contribution in [2.75, 3.05) is 5.75 Å². The van der Waals surface area contributed by atoms with Gasteiger partial charge in [0.05, 0.1) is 0 Å². The van der Waals surface area contributed by atoms with Crippen molar-refractivity contribution in [2.45, 2.75) is 13.0 Å². The van der Waals surface area contributed by atoms with Crippen LogP contribution in [0.2, 0.25) is 0 Å². The van der Waals surface area contributed by atoms with Gasteiger partial charge in [-0.05, 0) is 6.92 Å². The van der Waals surface area contributed by atoms with Crippen molar-refractivity contribution in [3.8, 4) is 0 Å². The Morgan fingerprint density at radius 2 is 2.25 bits per heavy atom. The molecule has 0 aromatic carbocycles. The van der Waals surface area contributed by atoms with Gasteiger partial charge in [-0.2, -0.15) is 8.42 Å². The first-order valence-corrected chi connectivity index (χ1v) is 4.79. The number of nitrogens with two attached hydrogens (primary N) is 1. The number of hydrogen-bond acceptors (Lipinski definition) is 5. The molecule has 0 fully saturated rings. The molecule has 5 nitrogen and oxygen atoms in total. The quantitative estimate of drug-likeness (QED) is 0.475. The fourth-order valence-electron chi connectivity index (χ4n) is 0.379. The SMILES string of the molecule is C=CCS(=O)(=O)OC(=O)[C@H](C)N. The molecule has 70 valence electrons. The largest absolute Gasteiger partial charge is 0.344 e. The van der Waals surface area contributed by atoms with E-state index in [0.29, 0.717) is 0 Å². The minimum atomic E-state index is -3.82. The average Bonchev–Trinajstić information content (AvgIpc) is 1.85. The standard InChI is InChI=1S/C6H11NO4S/c1-3-4-12(9,10)11-6(8)5(2)7/h3,5H,1,4,7H2,2H3/t5-/m0/s1. The Bertz CT molecular complexity index is 267. The Morgan fingerprint density at radius 3 is 2.58 bits per heavy atom. The van der Waals surface area contributed by atoms with Gasteiger partial charge in [0.25, 0.3) is 0 Å². The summed E-state index contributed by atoms with van der Waals surface area (Å²) in [6.45, 7) is 4.54. The van der Waals surface area contributed by atoms with Crippen LogP contribution in [0.1, 0.15) is 6.92 Å². The summed E-state index contributed by atoms with van der Waals surface area (Å²) in [7, 11) is -3.82. The van der Waals surface area contributed by atoms with Gasteiger partial charge in [-0.1, -0.05) is 6.08 Å². The molecule has 12 heavy (non-hydrogen) atoms. The van der Waals surface area contributed by atoms with Crippen LogP contribution in [0.3, 0.4) is 0 Å². The highest BCUT2D eigenvalue weighted by Gasteiger charge is 2.17. The molecule has 0 heterocycles. The summed E-state index contributed by atoms with van der Waals surface area (Å²) >= 11 is 0. The molecule has 0 aromatic heterocycles. The first-order valence-electron chi connectivity index (χ1n) is 3.21. The second kappa shape index (κ2) is 4.22. The van der Waals surface area contributed by atoms with E-state index in [1.165, 1.54) is 6.92 Å². The van der Waals surface area contributed by atoms with Crippen LogP contribution in [0.15, 0.2) is 12.7 Å². The van der Waals surface area contributed by atoms with Crippen LogP contribution in [-0.2, 0) is 19.1 Å². The number of hydrogen-bond donors (Lipinski definition) is 1. The van der Waals surface area contributed by atoms with Crippen LogP contribution in [0.5, 0.6) is 0 Å². The summed E-state index contributed by atoms with van der Waals surface area (Å²) in [6, 6.07) is -0.940. The van der Waals surface area contributed by atoms with Gasteiger partial charge in [0.1, 0.15) is 11.8 Å². The molecule has 0 bridgehead atoms. The third-order valence-corrected chi connectivity index (χ3v) is 1.97. The first kappa shape index (κ1) is 11.1. The summed E-state index contributed by atoms with van der Waals surface area (Å²) in [6.07, 6.45) is 1.13. The van der Waals surface area contributed by atoms with Crippen molar-refractivity contribution in [1.29, 1.82) is 0 Å². The molecular formula is C6H11NO4S. The summed E-state index contributed by atoms with van der Waals surface area (Å²) in [5, 5.41) is 0. The third kappa shape index (κ3) is 4.09. The maximum absolute atomic E-state index is 10.8. The van der Waals surface area contributed by atoms with Crippen molar-refractivity contribution in [3.63, 3.8) is 0 Å². The molecule has 0 spiro atoms. The van der Waals surface area contributed by atoms with Crippen LogP contribution in [0.25, 0.3) is 0 Å². The highest BCUT2D eigenvalue weighted by molar-refractivity contribution is 7.87. The van der Waals surface area contributed by atoms with Crippen LogP contribution in [0.4, 0.5) is 0 Å². The van der Waals surface area contributed by atoms with E-state index < -0.39 is 27.9 Å². The zero-order valence-electron chi connectivity index (χ0n) is 6.69. The number of carbonyl (C=O) groups excluding carboxylic acids is 1. The maximum Gasteiger partial charge on any atom is 0.338 e. The van der Waals surface area contributed by atoms with Gasteiger partial charge in [0, 0.05) is 0 Å². The third-order valence-electron chi connectivity index (χ3n) is 0.903. The molecule has 1 atom stereocenters. The normalized spacial score (nSPS) is 13.5. The molecular weight excluding hydrogens is 182 g/mol. The van der Waals surface area contributed by atoms with Crippen molar-refractivity contribution in [1.82, 2.24) is 0 Å². The van der Waals surface area contributed by atoms with E-state index in [1.807, 2.05) is 0 Å². The zero-order chi connectivity index (χ0) is 9.78. The number of carbonyl (C=O) groups is 1. The van der Waals surface area contributed by atoms with Crippen molar-refractivity contribution < 1.29 is 17.4 Å². The van der Waals surface area contributed by atoms with E-state index in [-0.39, 0.29) is 0 Å². The predicted molar refractivity (Wildman–Crippen MR) is 43.7 cm³/mol. The monoisotopic (exact) mass is 193 g/mol. The lowest BCUT2D eigenvalue weighted by Crippen LogP contribution is -2.31. The van der Waals surface area contributed by atoms with Gasteiger partial charge < -0.3 is 9.92 Å². The Morgan fingerprint density at radius 1 is 1.75 bits per heavy atom. The Hall–Kier alpha value is -0.880. The topological polar surface area (TPSA) is 86.5 Å². The molecule has 2 N–H and O–H groups in total. The first-order chi connectivity index (χ1) is 5.39. The molecule has 0 saturated carbocycles. The maximum atomic E-state index is 10.8. The van der Waals surface area contributed by atoms with Gasteiger partial charge in [-0.15, -0.1) is 6.58 Å².